The summed E-state index contributed by atoms with van der Waals surface area (Å²) < 4.78 is 12.2. The second kappa shape index (κ2) is 5.98. The molecule has 0 aliphatic heterocycles. The molecule has 2 fully saturated rings. The Morgan fingerprint density at radius 3 is 1.67 bits per heavy atom. The van der Waals surface area contributed by atoms with E-state index in [2.05, 4.69) is 42.5 Å². The van der Waals surface area contributed by atoms with Crippen molar-refractivity contribution in [2.45, 2.75) is 25.7 Å². The quantitative estimate of drug-likeness (QED) is 0.696. The first-order chi connectivity index (χ1) is 11.8. The lowest BCUT2D eigenvalue weighted by Gasteiger charge is -2.20. The Morgan fingerprint density at radius 1 is 0.708 bits per heavy atom. The van der Waals surface area contributed by atoms with E-state index < -0.39 is 0 Å². The fourth-order valence-electron chi connectivity index (χ4n) is 5.23. The maximum absolute atomic E-state index is 6.08. The van der Waals surface area contributed by atoms with Gasteiger partial charge in [-0.05, 0) is 73.3 Å². The van der Waals surface area contributed by atoms with E-state index in [1.807, 2.05) is 6.07 Å². The van der Waals surface area contributed by atoms with E-state index in [9.17, 15) is 0 Å². The molecule has 0 N–H and O–H groups in total. The van der Waals surface area contributed by atoms with Crippen LogP contribution in [0.15, 0.2) is 48.6 Å². The van der Waals surface area contributed by atoms with Crippen LogP contribution < -0.4 is 9.47 Å². The lowest BCUT2D eigenvalue weighted by Crippen LogP contribution is -2.17. The normalized spacial score (nSPS) is 38.2. The van der Waals surface area contributed by atoms with Gasteiger partial charge >= 0.3 is 0 Å². The molecule has 4 aliphatic carbocycles. The first-order valence-corrected chi connectivity index (χ1v) is 9.56. The van der Waals surface area contributed by atoms with Crippen molar-refractivity contribution >= 4 is 0 Å². The highest BCUT2D eigenvalue weighted by molar-refractivity contribution is 5.33. The van der Waals surface area contributed by atoms with Gasteiger partial charge in [0, 0.05) is 6.07 Å². The van der Waals surface area contributed by atoms with Gasteiger partial charge in [-0.15, -0.1) is 0 Å². The van der Waals surface area contributed by atoms with E-state index in [-0.39, 0.29) is 0 Å². The van der Waals surface area contributed by atoms with Crippen molar-refractivity contribution in [1.82, 2.24) is 0 Å². The maximum atomic E-state index is 6.08. The minimum absolute atomic E-state index is 0.699. The minimum atomic E-state index is 0.699. The highest BCUT2D eigenvalue weighted by atomic mass is 16.5. The standard InChI is InChI=1S/C22H26O2/c1-2-21(23-13-19-10-15-4-6-17(19)8-15)12-22(3-1)24-14-20-11-16-5-7-18(20)9-16/h1-7,12,15-20H,8-11,13-14H2/t15-,16?,17?,18?,19?,20?/m0/s1. The molecule has 4 aliphatic rings. The smallest absolute Gasteiger partial charge is 0.122 e. The molecule has 24 heavy (non-hydrogen) atoms. The number of rotatable bonds is 6. The Labute approximate surface area is 144 Å². The van der Waals surface area contributed by atoms with Crippen molar-refractivity contribution in [1.29, 1.82) is 0 Å². The molecule has 1 aromatic rings. The van der Waals surface area contributed by atoms with E-state index in [1.54, 1.807) is 0 Å². The molecule has 0 aromatic heterocycles. The van der Waals surface area contributed by atoms with Crippen LogP contribution in [0.5, 0.6) is 11.5 Å². The van der Waals surface area contributed by atoms with Crippen LogP contribution in [-0.2, 0) is 0 Å². The third-order valence-corrected chi connectivity index (χ3v) is 6.57. The Hall–Kier alpha value is -1.70. The summed E-state index contributed by atoms with van der Waals surface area (Å²) >= 11 is 0. The molecular weight excluding hydrogens is 296 g/mol. The van der Waals surface area contributed by atoms with Crippen LogP contribution in [0.3, 0.4) is 0 Å². The number of ether oxygens (including phenoxy) is 2. The molecule has 0 amide bonds. The number of hydrogen-bond acceptors (Lipinski definition) is 2. The molecule has 6 atom stereocenters. The number of hydrogen-bond donors (Lipinski definition) is 0. The van der Waals surface area contributed by atoms with Crippen LogP contribution in [-0.4, -0.2) is 13.2 Å². The number of benzene rings is 1. The second-order valence-electron chi connectivity index (χ2n) is 8.18. The summed E-state index contributed by atoms with van der Waals surface area (Å²) in [6.45, 7) is 1.68. The monoisotopic (exact) mass is 322 g/mol. The zero-order valence-corrected chi connectivity index (χ0v) is 14.1. The van der Waals surface area contributed by atoms with Gasteiger partial charge in [-0.3, -0.25) is 0 Å². The lowest BCUT2D eigenvalue weighted by atomic mass is 9.94. The van der Waals surface area contributed by atoms with Crippen molar-refractivity contribution in [3.8, 4) is 11.5 Å². The molecular formula is C22H26O2. The third kappa shape index (κ3) is 2.76. The Kier molecular flexibility index (Phi) is 3.65. The van der Waals surface area contributed by atoms with Crippen molar-refractivity contribution in [3.63, 3.8) is 0 Å². The summed E-state index contributed by atoms with van der Waals surface area (Å²) in [7, 11) is 0. The van der Waals surface area contributed by atoms with Gasteiger partial charge in [0.15, 0.2) is 0 Å². The summed E-state index contributed by atoms with van der Waals surface area (Å²) in [5, 5.41) is 0. The van der Waals surface area contributed by atoms with Crippen LogP contribution >= 0.6 is 0 Å². The average molecular weight is 322 g/mol. The molecule has 0 spiro atoms. The highest BCUT2D eigenvalue weighted by Crippen LogP contribution is 2.44. The van der Waals surface area contributed by atoms with Crippen molar-refractivity contribution < 1.29 is 9.47 Å². The molecule has 1 aromatic carbocycles. The van der Waals surface area contributed by atoms with Crippen molar-refractivity contribution in [2.24, 2.45) is 35.5 Å². The van der Waals surface area contributed by atoms with Gasteiger partial charge in [0.25, 0.3) is 0 Å². The first-order valence-electron chi connectivity index (χ1n) is 9.56. The highest BCUT2D eigenvalue weighted by Gasteiger charge is 2.36. The summed E-state index contributed by atoms with van der Waals surface area (Å²) in [5.74, 6) is 6.43. The predicted molar refractivity (Wildman–Crippen MR) is 95.1 cm³/mol. The van der Waals surface area contributed by atoms with Gasteiger partial charge in [0.1, 0.15) is 11.5 Å². The van der Waals surface area contributed by atoms with Crippen LogP contribution in [0, 0.1) is 35.5 Å². The van der Waals surface area contributed by atoms with E-state index in [1.165, 1.54) is 25.7 Å². The predicted octanol–water partition coefficient (Wildman–Crippen LogP) is 4.87. The van der Waals surface area contributed by atoms with E-state index >= 15 is 0 Å². The lowest BCUT2D eigenvalue weighted by molar-refractivity contribution is 0.217. The SMILES string of the molecule is C1=CC2CC1CC2COc1cccc(OCC2C[C@H]3C=CC2C3)c1. The fraction of sp³-hybridized carbons (Fsp3) is 0.545. The molecule has 5 unspecified atom stereocenters. The third-order valence-electron chi connectivity index (χ3n) is 6.57. The summed E-state index contributed by atoms with van der Waals surface area (Å²) in [6.07, 6.45) is 14.9. The van der Waals surface area contributed by atoms with E-state index in [0.29, 0.717) is 11.8 Å². The Bertz CT molecular complexity index is 608. The number of fused-ring (bicyclic) bond motifs is 4. The van der Waals surface area contributed by atoms with Gasteiger partial charge in [0.05, 0.1) is 13.2 Å². The van der Waals surface area contributed by atoms with Crippen molar-refractivity contribution in [3.05, 3.63) is 48.6 Å². The zero-order chi connectivity index (χ0) is 15.9. The van der Waals surface area contributed by atoms with Crippen LogP contribution in [0.2, 0.25) is 0 Å². The van der Waals surface area contributed by atoms with Gasteiger partial charge in [-0.25, -0.2) is 0 Å². The largest absolute Gasteiger partial charge is 0.493 e. The van der Waals surface area contributed by atoms with Gasteiger partial charge in [-0.1, -0.05) is 30.4 Å². The Morgan fingerprint density at radius 2 is 1.25 bits per heavy atom. The molecule has 2 heteroatoms. The first kappa shape index (κ1) is 14.6. The molecule has 126 valence electrons. The molecule has 0 saturated heterocycles. The van der Waals surface area contributed by atoms with Gasteiger partial charge in [-0.2, -0.15) is 0 Å². The molecule has 4 bridgehead atoms. The van der Waals surface area contributed by atoms with Crippen LogP contribution in [0.1, 0.15) is 25.7 Å². The van der Waals surface area contributed by atoms with Crippen molar-refractivity contribution in [2.75, 3.05) is 13.2 Å². The summed E-state index contributed by atoms with van der Waals surface area (Å²) in [6, 6.07) is 8.21. The van der Waals surface area contributed by atoms with E-state index in [0.717, 1.165) is 48.4 Å². The van der Waals surface area contributed by atoms with Gasteiger partial charge in [0.2, 0.25) is 0 Å². The molecule has 2 nitrogen and oxygen atoms in total. The summed E-state index contributed by atoms with van der Waals surface area (Å²) in [5.41, 5.74) is 0. The number of allylic oxidation sites excluding steroid dienone is 4. The summed E-state index contributed by atoms with van der Waals surface area (Å²) in [4.78, 5) is 0. The topological polar surface area (TPSA) is 18.5 Å². The average Bonchev–Trinajstić information content (AvgIpc) is 3.39. The van der Waals surface area contributed by atoms with E-state index in [4.69, 9.17) is 9.47 Å². The molecule has 0 radical (unpaired) electrons. The van der Waals surface area contributed by atoms with Crippen LogP contribution in [0.25, 0.3) is 0 Å². The second-order valence-corrected chi connectivity index (χ2v) is 8.18. The Balaban J connectivity index is 1.15. The molecule has 0 heterocycles. The fourth-order valence-corrected chi connectivity index (χ4v) is 5.23. The van der Waals surface area contributed by atoms with Crippen LogP contribution in [0.4, 0.5) is 0 Å². The zero-order valence-electron chi connectivity index (χ0n) is 14.1. The minimum Gasteiger partial charge on any atom is -0.493 e. The maximum Gasteiger partial charge on any atom is 0.122 e. The molecule has 2 saturated carbocycles. The van der Waals surface area contributed by atoms with Gasteiger partial charge < -0.3 is 9.47 Å². The molecule has 5 rings (SSSR count).